The van der Waals surface area contributed by atoms with Crippen molar-refractivity contribution in [2.75, 3.05) is 0 Å². The van der Waals surface area contributed by atoms with Crippen molar-refractivity contribution in [1.29, 1.82) is 0 Å². The van der Waals surface area contributed by atoms with Crippen molar-refractivity contribution in [3.05, 3.63) is 126 Å². The lowest BCUT2D eigenvalue weighted by atomic mass is 9.80. The van der Waals surface area contributed by atoms with E-state index in [4.69, 9.17) is 4.74 Å². The topological polar surface area (TPSA) is 73.2 Å². The molecule has 0 spiro atoms. The molecule has 6 aromatic carbocycles. The highest BCUT2D eigenvalue weighted by Crippen LogP contribution is 2.57. The molecule has 3 N–H and O–H groups in total. The molecule has 0 saturated heterocycles. The lowest BCUT2D eigenvalue weighted by molar-refractivity contribution is 0.467. The van der Waals surface area contributed by atoms with Crippen LogP contribution in [0.25, 0.3) is 32.7 Å². The van der Waals surface area contributed by atoms with Crippen molar-refractivity contribution in [3.8, 4) is 39.9 Å². The number of aromatic hydroxyl groups is 3. The third-order valence-corrected chi connectivity index (χ3v) is 7.20. The predicted octanol–water partition coefficient (Wildman–Crippen LogP) is 8.06. The highest BCUT2D eigenvalue weighted by atomic mass is 16.6. The quantitative estimate of drug-likeness (QED) is 0.175. The summed E-state index contributed by atoms with van der Waals surface area (Å²) in [6.45, 7) is 0. The summed E-state index contributed by atoms with van der Waals surface area (Å²) in [6, 6.07) is 34.5. The van der Waals surface area contributed by atoms with E-state index in [2.05, 4.69) is 36.4 Å². The zero-order valence-corrected chi connectivity index (χ0v) is 19.7. The average molecular weight is 483 g/mol. The summed E-state index contributed by atoms with van der Waals surface area (Å²) in [5, 5.41) is 35.0. The van der Waals surface area contributed by atoms with E-state index in [1.807, 2.05) is 42.5 Å². The van der Waals surface area contributed by atoms with Gasteiger partial charge in [0.05, 0.1) is 0 Å². The number of rotatable bonds is 4. The number of fused-ring (bicyclic) bond motifs is 3. The molecule has 1 atom stereocenters. The Morgan fingerprint density at radius 3 is 1.92 bits per heavy atom. The first-order valence-corrected chi connectivity index (χ1v) is 12.1. The van der Waals surface area contributed by atoms with Crippen LogP contribution in [0.4, 0.5) is 0 Å². The van der Waals surface area contributed by atoms with Crippen molar-refractivity contribution in [1.82, 2.24) is 0 Å². The Balaban J connectivity index is 1.52. The number of ether oxygens (including phenoxy) is 1. The number of phenols is 3. The number of hydrogen-bond donors (Lipinski definition) is 3. The van der Waals surface area contributed by atoms with Gasteiger partial charge in [-0.2, -0.15) is 0 Å². The standard InChI is InChI=1S/C33H22O4/c34-24-11-13-26-22(16-24)10-15-28(36)31(26)30(21-8-6-20(7-9-21)19-4-2-1-3-5-19)32-27-14-12-25(35)17-23(27)18-29-33(32)37-29/h1-18,30,34-36H. The fourth-order valence-corrected chi connectivity index (χ4v) is 5.44. The molecule has 4 heteroatoms. The van der Waals surface area contributed by atoms with Gasteiger partial charge in [-0.25, -0.2) is 0 Å². The maximum atomic E-state index is 11.3. The first-order chi connectivity index (χ1) is 18.1. The Hall–Kier alpha value is -4.96. The molecule has 1 aliphatic rings. The van der Waals surface area contributed by atoms with Gasteiger partial charge in [-0.15, -0.1) is 0 Å². The van der Waals surface area contributed by atoms with E-state index < -0.39 is 0 Å². The molecule has 0 bridgehead atoms. The van der Waals surface area contributed by atoms with Crippen molar-refractivity contribution in [3.63, 3.8) is 0 Å². The predicted molar refractivity (Wildman–Crippen MR) is 146 cm³/mol. The monoisotopic (exact) mass is 482 g/mol. The molecular weight excluding hydrogens is 460 g/mol. The summed E-state index contributed by atoms with van der Waals surface area (Å²) in [6.07, 6.45) is 0. The second kappa shape index (κ2) is 8.04. The Bertz CT molecular complexity index is 1790. The van der Waals surface area contributed by atoms with Crippen LogP contribution in [0.2, 0.25) is 0 Å². The summed E-state index contributed by atoms with van der Waals surface area (Å²) >= 11 is 0. The Morgan fingerprint density at radius 1 is 0.541 bits per heavy atom. The summed E-state index contributed by atoms with van der Waals surface area (Å²) in [4.78, 5) is 0. The minimum Gasteiger partial charge on any atom is -0.508 e. The highest BCUT2D eigenvalue weighted by Gasteiger charge is 2.35. The fraction of sp³-hybridized carbons (Fsp3) is 0.0303. The summed E-state index contributed by atoms with van der Waals surface area (Å²) < 4.78 is 5.94. The maximum Gasteiger partial charge on any atom is 0.174 e. The summed E-state index contributed by atoms with van der Waals surface area (Å²) in [5.74, 6) is 1.74. The van der Waals surface area contributed by atoms with Crippen LogP contribution < -0.4 is 4.74 Å². The largest absolute Gasteiger partial charge is 0.508 e. The van der Waals surface area contributed by atoms with Gasteiger partial charge in [0.15, 0.2) is 11.5 Å². The van der Waals surface area contributed by atoms with Gasteiger partial charge in [0.1, 0.15) is 17.2 Å². The molecule has 4 nitrogen and oxygen atoms in total. The first-order valence-electron chi connectivity index (χ1n) is 12.1. The van der Waals surface area contributed by atoms with Gasteiger partial charge >= 0.3 is 0 Å². The number of phenolic OH excluding ortho intramolecular Hbond substituents is 3. The van der Waals surface area contributed by atoms with Crippen LogP contribution in [0.15, 0.2) is 109 Å². The third kappa shape index (κ3) is 3.54. The van der Waals surface area contributed by atoms with E-state index in [1.165, 1.54) is 0 Å². The molecule has 1 unspecified atom stereocenters. The van der Waals surface area contributed by atoms with E-state index in [9.17, 15) is 15.3 Å². The molecule has 0 amide bonds. The van der Waals surface area contributed by atoms with Gasteiger partial charge in [0.25, 0.3) is 0 Å². The summed E-state index contributed by atoms with van der Waals surface area (Å²) in [5.41, 5.74) is 4.91. The number of hydrogen-bond acceptors (Lipinski definition) is 4. The van der Waals surface area contributed by atoms with Gasteiger partial charge in [0, 0.05) is 17.0 Å². The molecule has 1 aliphatic heterocycles. The van der Waals surface area contributed by atoms with Gasteiger partial charge in [-0.3, -0.25) is 0 Å². The molecule has 0 fully saturated rings. The maximum absolute atomic E-state index is 11.3. The minimum absolute atomic E-state index is 0.167. The smallest absolute Gasteiger partial charge is 0.174 e. The van der Waals surface area contributed by atoms with Crippen LogP contribution in [0.1, 0.15) is 22.6 Å². The Morgan fingerprint density at radius 2 is 1.19 bits per heavy atom. The molecule has 178 valence electrons. The number of benzene rings is 6. The Labute approximate surface area is 213 Å². The van der Waals surface area contributed by atoms with Gasteiger partial charge in [-0.05, 0) is 74.6 Å². The average Bonchev–Trinajstić information content (AvgIpc) is 3.69. The van der Waals surface area contributed by atoms with E-state index in [1.54, 1.807) is 30.3 Å². The fourth-order valence-electron chi connectivity index (χ4n) is 5.44. The molecule has 6 aromatic rings. The molecule has 0 aliphatic carbocycles. The molecule has 0 saturated carbocycles. The van der Waals surface area contributed by atoms with Crippen LogP contribution in [0, 0.1) is 0 Å². The normalized spacial score (nSPS) is 12.8. The van der Waals surface area contributed by atoms with E-state index in [0.717, 1.165) is 60.9 Å². The molecule has 7 rings (SSSR count). The van der Waals surface area contributed by atoms with Gasteiger partial charge < -0.3 is 20.1 Å². The molecule has 0 aromatic heterocycles. The lowest BCUT2D eigenvalue weighted by Crippen LogP contribution is -2.05. The molecule has 0 radical (unpaired) electrons. The van der Waals surface area contributed by atoms with E-state index in [0.29, 0.717) is 0 Å². The van der Waals surface area contributed by atoms with E-state index in [-0.39, 0.29) is 23.2 Å². The van der Waals surface area contributed by atoms with Crippen LogP contribution >= 0.6 is 0 Å². The van der Waals surface area contributed by atoms with Crippen molar-refractivity contribution >= 4 is 21.5 Å². The summed E-state index contributed by atoms with van der Waals surface area (Å²) in [7, 11) is 0. The third-order valence-electron chi connectivity index (χ3n) is 7.20. The lowest BCUT2D eigenvalue weighted by Gasteiger charge is -2.23. The van der Waals surface area contributed by atoms with Crippen LogP contribution in [-0.4, -0.2) is 15.3 Å². The highest BCUT2D eigenvalue weighted by molar-refractivity contribution is 5.97. The van der Waals surface area contributed by atoms with Crippen LogP contribution in [-0.2, 0) is 0 Å². The second-order valence-electron chi connectivity index (χ2n) is 9.45. The van der Waals surface area contributed by atoms with Gasteiger partial charge in [-0.1, -0.05) is 72.8 Å². The molecule has 1 heterocycles. The van der Waals surface area contributed by atoms with E-state index >= 15 is 0 Å². The van der Waals surface area contributed by atoms with Crippen LogP contribution in [0.5, 0.6) is 28.7 Å². The van der Waals surface area contributed by atoms with Crippen molar-refractivity contribution < 1.29 is 20.1 Å². The van der Waals surface area contributed by atoms with Crippen LogP contribution in [0.3, 0.4) is 0 Å². The van der Waals surface area contributed by atoms with Crippen molar-refractivity contribution in [2.24, 2.45) is 0 Å². The minimum atomic E-state index is -0.359. The zero-order valence-electron chi connectivity index (χ0n) is 19.7. The molecule has 37 heavy (non-hydrogen) atoms. The van der Waals surface area contributed by atoms with Gasteiger partial charge in [0.2, 0.25) is 0 Å². The Kier molecular flexibility index (Phi) is 4.63. The molecular formula is C33H22O4. The first kappa shape index (κ1) is 21.3. The zero-order chi connectivity index (χ0) is 25.1. The second-order valence-corrected chi connectivity index (χ2v) is 9.45. The SMILES string of the molecule is Oc1ccc2c(C(c3ccc(-c4ccccc4)cc3)c3c4c(cc5cc(O)ccc35)O4)c(O)ccc2c1. The van der Waals surface area contributed by atoms with Crippen molar-refractivity contribution in [2.45, 2.75) is 5.92 Å².